The van der Waals surface area contributed by atoms with Gasteiger partial charge in [-0.05, 0) is 44.2 Å². The highest BCUT2D eigenvalue weighted by atomic mass is 16.4. The van der Waals surface area contributed by atoms with Crippen LogP contribution in [0.1, 0.15) is 27.3 Å². The van der Waals surface area contributed by atoms with E-state index in [0.717, 1.165) is 11.4 Å². The van der Waals surface area contributed by atoms with E-state index in [-0.39, 0.29) is 5.70 Å². The van der Waals surface area contributed by atoms with Crippen molar-refractivity contribution in [3.63, 3.8) is 0 Å². The molecule has 0 saturated heterocycles. The quantitative estimate of drug-likeness (QED) is 0.683. The first-order valence-electron chi connectivity index (χ1n) is 8.40. The number of aromatic nitrogens is 2. The third kappa shape index (κ3) is 3.95. The SMILES string of the molecule is Cc1nn(-c2ccccc2)c(C)c1/C=C(/NC(=O)c1ccccc1)C(=O)O. The second-order valence-corrected chi connectivity index (χ2v) is 6.02. The highest BCUT2D eigenvalue weighted by molar-refractivity contribution is 6.02. The van der Waals surface area contributed by atoms with E-state index < -0.39 is 11.9 Å². The summed E-state index contributed by atoms with van der Waals surface area (Å²) in [4.78, 5) is 24.0. The molecule has 6 nitrogen and oxygen atoms in total. The van der Waals surface area contributed by atoms with E-state index in [1.807, 2.05) is 37.3 Å². The van der Waals surface area contributed by atoms with Crippen molar-refractivity contribution in [2.45, 2.75) is 13.8 Å². The fourth-order valence-corrected chi connectivity index (χ4v) is 2.76. The molecule has 3 aromatic rings. The molecule has 2 N–H and O–H groups in total. The van der Waals surface area contributed by atoms with Crippen molar-refractivity contribution in [3.8, 4) is 5.69 Å². The van der Waals surface area contributed by atoms with E-state index >= 15 is 0 Å². The molecule has 0 unspecified atom stereocenters. The molecule has 0 aliphatic carbocycles. The number of carbonyl (C=O) groups excluding carboxylic acids is 1. The molecule has 2 aromatic carbocycles. The van der Waals surface area contributed by atoms with Gasteiger partial charge >= 0.3 is 5.97 Å². The van der Waals surface area contributed by atoms with Crippen LogP contribution in [0.2, 0.25) is 0 Å². The Morgan fingerprint density at radius 1 is 1.00 bits per heavy atom. The Hall–Kier alpha value is -3.67. The summed E-state index contributed by atoms with van der Waals surface area (Å²) in [5.74, 6) is -1.69. The van der Waals surface area contributed by atoms with Crippen LogP contribution >= 0.6 is 0 Å². The summed E-state index contributed by atoms with van der Waals surface area (Å²) in [5, 5.41) is 16.5. The lowest BCUT2D eigenvalue weighted by Crippen LogP contribution is -2.27. The van der Waals surface area contributed by atoms with Crippen molar-refractivity contribution in [3.05, 3.63) is 88.9 Å². The van der Waals surface area contributed by atoms with Crippen molar-refractivity contribution in [1.29, 1.82) is 0 Å². The third-order valence-corrected chi connectivity index (χ3v) is 4.15. The third-order valence-electron chi connectivity index (χ3n) is 4.15. The second kappa shape index (κ2) is 7.70. The molecule has 0 atom stereocenters. The molecular weight excluding hydrogens is 342 g/mol. The van der Waals surface area contributed by atoms with Crippen LogP contribution in [0.25, 0.3) is 11.8 Å². The molecule has 0 aliphatic rings. The zero-order valence-corrected chi connectivity index (χ0v) is 15.0. The molecule has 0 bridgehead atoms. The number of nitrogens with zero attached hydrogens (tertiary/aromatic N) is 2. The fourth-order valence-electron chi connectivity index (χ4n) is 2.76. The monoisotopic (exact) mass is 361 g/mol. The smallest absolute Gasteiger partial charge is 0.352 e. The number of hydrogen-bond acceptors (Lipinski definition) is 3. The Kier molecular flexibility index (Phi) is 5.17. The molecule has 1 aromatic heterocycles. The van der Waals surface area contributed by atoms with Crippen LogP contribution in [-0.4, -0.2) is 26.8 Å². The van der Waals surface area contributed by atoms with Gasteiger partial charge in [-0.15, -0.1) is 0 Å². The van der Waals surface area contributed by atoms with E-state index in [4.69, 9.17) is 0 Å². The Morgan fingerprint density at radius 2 is 1.59 bits per heavy atom. The van der Waals surface area contributed by atoms with Gasteiger partial charge in [-0.2, -0.15) is 5.10 Å². The van der Waals surface area contributed by atoms with E-state index in [9.17, 15) is 14.7 Å². The number of aliphatic carboxylic acids is 1. The molecular formula is C21H19N3O3. The predicted molar refractivity (Wildman–Crippen MR) is 103 cm³/mol. The van der Waals surface area contributed by atoms with Gasteiger partial charge in [0.15, 0.2) is 0 Å². The lowest BCUT2D eigenvalue weighted by atomic mass is 10.1. The number of amides is 1. The van der Waals surface area contributed by atoms with Gasteiger partial charge in [0.25, 0.3) is 5.91 Å². The summed E-state index contributed by atoms with van der Waals surface area (Å²) in [6.45, 7) is 3.66. The number of rotatable bonds is 5. The molecule has 27 heavy (non-hydrogen) atoms. The standard InChI is InChI=1S/C21H19N3O3/c1-14-18(15(2)24(23-14)17-11-7-4-8-12-17)13-19(21(26)27)22-20(25)16-9-5-3-6-10-16/h3-13H,1-2H3,(H,22,25)(H,26,27)/b19-13+. The number of para-hydroxylation sites is 1. The Balaban J connectivity index is 1.96. The highest BCUT2D eigenvalue weighted by Crippen LogP contribution is 2.20. The lowest BCUT2D eigenvalue weighted by Gasteiger charge is -2.07. The fraction of sp³-hybridized carbons (Fsp3) is 0.0952. The minimum atomic E-state index is -1.22. The topological polar surface area (TPSA) is 84.2 Å². The van der Waals surface area contributed by atoms with E-state index in [1.54, 1.807) is 41.9 Å². The number of carbonyl (C=O) groups is 2. The molecule has 3 rings (SSSR count). The van der Waals surface area contributed by atoms with Gasteiger partial charge in [0.05, 0.1) is 11.4 Å². The van der Waals surface area contributed by atoms with Gasteiger partial charge in [-0.25, -0.2) is 9.48 Å². The maximum atomic E-state index is 12.3. The van der Waals surface area contributed by atoms with Crippen molar-refractivity contribution in [2.75, 3.05) is 0 Å². The summed E-state index contributed by atoms with van der Waals surface area (Å²) in [7, 11) is 0. The maximum absolute atomic E-state index is 12.3. The van der Waals surface area contributed by atoms with Crippen LogP contribution in [0.3, 0.4) is 0 Å². The highest BCUT2D eigenvalue weighted by Gasteiger charge is 2.17. The molecule has 0 spiro atoms. The molecule has 0 saturated carbocycles. The maximum Gasteiger partial charge on any atom is 0.352 e. The van der Waals surface area contributed by atoms with Crippen LogP contribution in [0.15, 0.2) is 66.4 Å². The second-order valence-electron chi connectivity index (χ2n) is 6.02. The molecule has 6 heteroatoms. The molecule has 1 amide bonds. The Bertz CT molecular complexity index is 1010. The molecule has 0 fully saturated rings. The average molecular weight is 361 g/mol. The van der Waals surface area contributed by atoms with Gasteiger partial charge in [-0.3, -0.25) is 4.79 Å². The summed E-state index contributed by atoms with van der Waals surface area (Å²) in [6, 6.07) is 18.0. The van der Waals surface area contributed by atoms with Crippen molar-refractivity contribution >= 4 is 18.0 Å². The van der Waals surface area contributed by atoms with Gasteiger partial charge in [0.2, 0.25) is 0 Å². The largest absolute Gasteiger partial charge is 0.477 e. The molecule has 0 aliphatic heterocycles. The zero-order chi connectivity index (χ0) is 19.4. The summed E-state index contributed by atoms with van der Waals surface area (Å²) in [6.07, 6.45) is 1.44. The van der Waals surface area contributed by atoms with Gasteiger partial charge < -0.3 is 10.4 Å². The first-order valence-corrected chi connectivity index (χ1v) is 8.40. The van der Waals surface area contributed by atoms with E-state index in [0.29, 0.717) is 16.8 Å². The zero-order valence-electron chi connectivity index (χ0n) is 15.0. The molecule has 1 heterocycles. The van der Waals surface area contributed by atoms with Crippen molar-refractivity contribution < 1.29 is 14.7 Å². The van der Waals surface area contributed by atoms with Crippen LogP contribution in [-0.2, 0) is 4.79 Å². The van der Waals surface area contributed by atoms with E-state index in [1.165, 1.54) is 6.08 Å². The number of aryl methyl sites for hydroxylation is 1. The summed E-state index contributed by atoms with van der Waals surface area (Å²) < 4.78 is 1.75. The van der Waals surface area contributed by atoms with E-state index in [2.05, 4.69) is 10.4 Å². The number of carboxylic acids is 1. The number of hydrogen-bond donors (Lipinski definition) is 2. The lowest BCUT2D eigenvalue weighted by molar-refractivity contribution is -0.132. The number of carboxylic acid groups (broad SMARTS) is 1. The van der Waals surface area contributed by atoms with Crippen LogP contribution in [0.5, 0.6) is 0 Å². The van der Waals surface area contributed by atoms with Gasteiger partial charge in [-0.1, -0.05) is 36.4 Å². The summed E-state index contributed by atoms with van der Waals surface area (Å²) >= 11 is 0. The number of benzene rings is 2. The molecule has 0 radical (unpaired) electrons. The van der Waals surface area contributed by atoms with Gasteiger partial charge in [0, 0.05) is 16.8 Å². The summed E-state index contributed by atoms with van der Waals surface area (Å²) in [5.41, 5.74) is 3.17. The van der Waals surface area contributed by atoms with Crippen LogP contribution < -0.4 is 5.32 Å². The minimum absolute atomic E-state index is 0.206. The van der Waals surface area contributed by atoms with Crippen LogP contribution in [0.4, 0.5) is 0 Å². The predicted octanol–water partition coefficient (Wildman–Crippen LogP) is 3.34. The Morgan fingerprint density at radius 3 is 2.19 bits per heavy atom. The first kappa shape index (κ1) is 18.1. The minimum Gasteiger partial charge on any atom is -0.477 e. The van der Waals surface area contributed by atoms with Crippen molar-refractivity contribution in [2.24, 2.45) is 0 Å². The molecule has 136 valence electrons. The first-order chi connectivity index (χ1) is 13.0. The Labute approximate surface area is 156 Å². The number of nitrogens with one attached hydrogen (secondary N) is 1. The van der Waals surface area contributed by atoms with Crippen LogP contribution in [0, 0.1) is 13.8 Å². The average Bonchev–Trinajstić information content (AvgIpc) is 2.96. The van der Waals surface area contributed by atoms with Crippen molar-refractivity contribution in [1.82, 2.24) is 15.1 Å². The van der Waals surface area contributed by atoms with Gasteiger partial charge in [0.1, 0.15) is 5.70 Å². The normalized spacial score (nSPS) is 11.3.